The van der Waals surface area contributed by atoms with E-state index < -0.39 is 0 Å². The Labute approximate surface area is 100 Å². The van der Waals surface area contributed by atoms with Crippen LogP contribution in [-0.4, -0.2) is 14.8 Å². The molecule has 0 amide bonds. The summed E-state index contributed by atoms with van der Waals surface area (Å²) in [6.45, 7) is 0. The van der Waals surface area contributed by atoms with E-state index in [0.29, 0.717) is 10.5 Å². The first-order valence-electron chi connectivity index (χ1n) is 5.10. The molecule has 0 atom stereocenters. The summed E-state index contributed by atoms with van der Waals surface area (Å²) in [6.07, 6.45) is 4.08. The van der Waals surface area contributed by atoms with Gasteiger partial charge in [0.25, 0.3) is 0 Å². The number of nitrogens with zero attached hydrogens (tertiary/aromatic N) is 3. The smallest absolute Gasteiger partial charge is 0.165 e. The Hall–Kier alpha value is -1.23. The second-order valence-corrected chi connectivity index (χ2v) is 4.77. The van der Waals surface area contributed by atoms with Crippen molar-refractivity contribution in [2.75, 3.05) is 0 Å². The largest absolute Gasteiger partial charge is 0.310 e. The number of halogens is 2. The highest BCUT2D eigenvalue weighted by Gasteiger charge is 2.27. The van der Waals surface area contributed by atoms with Crippen LogP contribution in [0.5, 0.6) is 0 Å². The molecule has 1 aliphatic rings. The first-order valence-corrected chi connectivity index (χ1v) is 5.90. The monoisotopic (exact) mass is 281 g/mol. The first-order chi connectivity index (χ1) is 7.75. The standard InChI is InChI=1S/C11H9BrFN3/c12-10-5-7(13)1-4-9(10)11-15-14-6-16(11)8-2-3-8/h1,4-6,8H,2-3H2. The lowest BCUT2D eigenvalue weighted by Gasteiger charge is -2.06. The Morgan fingerprint density at radius 2 is 2.19 bits per heavy atom. The van der Waals surface area contributed by atoms with Crippen LogP contribution in [0.1, 0.15) is 18.9 Å². The van der Waals surface area contributed by atoms with E-state index in [9.17, 15) is 4.39 Å². The Kier molecular flexibility index (Phi) is 2.28. The SMILES string of the molecule is Fc1ccc(-c2nncn2C2CC2)c(Br)c1. The fourth-order valence-electron chi connectivity index (χ4n) is 1.73. The number of aromatic nitrogens is 3. The van der Waals surface area contributed by atoms with E-state index in [4.69, 9.17) is 0 Å². The van der Waals surface area contributed by atoms with Crippen molar-refractivity contribution < 1.29 is 4.39 Å². The third-order valence-electron chi connectivity index (χ3n) is 2.69. The quantitative estimate of drug-likeness (QED) is 0.847. The van der Waals surface area contributed by atoms with Gasteiger partial charge in [0.2, 0.25) is 0 Å². The van der Waals surface area contributed by atoms with Crippen LogP contribution in [0, 0.1) is 5.82 Å². The summed E-state index contributed by atoms with van der Waals surface area (Å²) in [7, 11) is 0. The molecule has 1 aromatic carbocycles. The van der Waals surface area contributed by atoms with Crippen LogP contribution in [0.4, 0.5) is 4.39 Å². The molecule has 0 saturated heterocycles. The molecular formula is C11H9BrFN3. The first kappa shape index (κ1) is 9.96. The molecule has 1 fully saturated rings. The van der Waals surface area contributed by atoms with Crippen molar-refractivity contribution in [2.24, 2.45) is 0 Å². The molecule has 0 unspecified atom stereocenters. The Bertz CT molecular complexity index is 534. The van der Waals surface area contributed by atoms with Crippen molar-refractivity contribution in [3.8, 4) is 11.4 Å². The second kappa shape index (κ2) is 3.66. The number of hydrogen-bond donors (Lipinski definition) is 0. The van der Waals surface area contributed by atoms with Gasteiger partial charge in [0.1, 0.15) is 12.1 Å². The molecular weight excluding hydrogens is 273 g/mol. The molecule has 3 nitrogen and oxygen atoms in total. The van der Waals surface area contributed by atoms with Gasteiger partial charge in [0.15, 0.2) is 5.82 Å². The molecule has 1 aromatic heterocycles. The average molecular weight is 282 g/mol. The average Bonchev–Trinajstić information content (AvgIpc) is 2.98. The van der Waals surface area contributed by atoms with E-state index in [1.807, 2.05) is 0 Å². The lowest BCUT2D eigenvalue weighted by atomic mass is 10.2. The molecule has 16 heavy (non-hydrogen) atoms. The summed E-state index contributed by atoms with van der Waals surface area (Å²) < 4.78 is 15.8. The summed E-state index contributed by atoms with van der Waals surface area (Å²) in [6, 6.07) is 5.12. The molecule has 0 spiro atoms. The van der Waals surface area contributed by atoms with E-state index in [0.717, 1.165) is 11.4 Å². The molecule has 1 saturated carbocycles. The van der Waals surface area contributed by atoms with Gasteiger partial charge in [-0.05, 0) is 47.0 Å². The van der Waals surface area contributed by atoms with E-state index in [-0.39, 0.29) is 5.82 Å². The third kappa shape index (κ3) is 1.65. The maximum absolute atomic E-state index is 13.0. The van der Waals surface area contributed by atoms with Crippen LogP contribution in [0.3, 0.4) is 0 Å². The Morgan fingerprint density at radius 1 is 1.38 bits per heavy atom. The molecule has 0 N–H and O–H groups in total. The minimum Gasteiger partial charge on any atom is -0.310 e. The lowest BCUT2D eigenvalue weighted by Crippen LogP contribution is -1.96. The maximum Gasteiger partial charge on any atom is 0.165 e. The van der Waals surface area contributed by atoms with Crippen molar-refractivity contribution in [1.82, 2.24) is 14.8 Å². The molecule has 2 aromatic rings. The predicted molar refractivity (Wildman–Crippen MR) is 61.4 cm³/mol. The zero-order valence-electron chi connectivity index (χ0n) is 8.40. The van der Waals surface area contributed by atoms with Gasteiger partial charge in [0.05, 0.1) is 0 Å². The lowest BCUT2D eigenvalue weighted by molar-refractivity contribution is 0.627. The van der Waals surface area contributed by atoms with Gasteiger partial charge in [-0.25, -0.2) is 4.39 Å². The molecule has 0 aliphatic heterocycles. The predicted octanol–water partition coefficient (Wildman–Crippen LogP) is 3.18. The van der Waals surface area contributed by atoms with E-state index in [1.54, 1.807) is 12.4 Å². The zero-order valence-corrected chi connectivity index (χ0v) is 9.98. The van der Waals surface area contributed by atoms with Crippen LogP contribution < -0.4 is 0 Å². The van der Waals surface area contributed by atoms with Crippen molar-refractivity contribution in [3.05, 3.63) is 34.8 Å². The van der Waals surface area contributed by atoms with Crippen LogP contribution in [0.2, 0.25) is 0 Å². The topological polar surface area (TPSA) is 30.7 Å². The van der Waals surface area contributed by atoms with Gasteiger partial charge in [-0.2, -0.15) is 0 Å². The van der Waals surface area contributed by atoms with Crippen molar-refractivity contribution >= 4 is 15.9 Å². The fraction of sp³-hybridized carbons (Fsp3) is 0.273. The Balaban J connectivity index is 2.10. The van der Waals surface area contributed by atoms with Crippen molar-refractivity contribution in [3.63, 3.8) is 0 Å². The number of benzene rings is 1. The van der Waals surface area contributed by atoms with Crippen LogP contribution >= 0.6 is 15.9 Å². The summed E-state index contributed by atoms with van der Waals surface area (Å²) in [4.78, 5) is 0. The van der Waals surface area contributed by atoms with Gasteiger partial charge in [-0.3, -0.25) is 0 Å². The minimum atomic E-state index is -0.256. The molecule has 82 valence electrons. The maximum atomic E-state index is 13.0. The van der Waals surface area contributed by atoms with Crippen LogP contribution in [0.15, 0.2) is 29.0 Å². The second-order valence-electron chi connectivity index (χ2n) is 3.92. The van der Waals surface area contributed by atoms with E-state index in [1.165, 1.54) is 25.0 Å². The van der Waals surface area contributed by atoms with Gasteiger partial charge < -0.3 is 4.57 Å². The van der Waals surface area contributed by atoms with Crippen LogP contribution in [-0.2, 0) is 0 Å². The third-order valence-corrected chi connectivity index (χ3v) is 3.34. The van der Waals surface area contributed by atoms with Crippen molar-refractivity contribution in [2.45, 2.75) is 18.9 Å². The highest BCUT2D eigenvalue weighted by Crippen LogP contribution is 2.38. The van der Waals surface area contributed by atoms with E-state index >= 15 is 0 Å². The van der Waals surface area contributed by atoms with Gasteiger partial charge in [-0.15, -0.1) is 10.2 Å². The summed E-state index contributed by atoms with van der Waals surface area (Å²) in [5.74, 6) is 0.544. The molecule has 1 aliphatic carbocycles. The van der Waals surface area contributed by atoms with Crippen molar-refractivity contribution in [1.29, 1.82) is 0 Å². The normalized spacial score (nSPS) is 15.4. The van der Waals surface area contributed by atoms with Gasteiger partial charge in [0, 0.05) is 16.1 Å². The molecule has 0 bridgehead atoms. The fourth-order valence-corrected chi connectivity index (χ4v) is 2.25. The summed E-state index contributed by atoms with van der Waals surface area (Å²) >= 11 is 3.35. The number of rotatable bonds is 2. The van der Waals surface area contributed by atoms with Crippen LogP contribution in [0.25, 0.3) is 11.4 Å². The van der Waals surface area contributed by atoms with E-state index in [2.05, 4.69) is 30.7 Å². The summed E-state index contributed by atoms with van der Waals surface area (Å²) in [5, 5.41) is 8.02. The molecule has 5 heteroatoms. The highest BCUT2D eigenvalue weighted by atomic mass is 79.9. The highest BCUT2D eigenvalue weighted by molar-refractivity contribution is 9.10. The Morgan fingerprint density at radius 3 is 2.88 bits per heavy atom. The number of hydrogen-bond acceptors (Lipinski definition) is 2. The molecule has 0 radical (unpaired) electrons. The minimum absolute atomic E-state index is 0.256. The summed E-state index contributed by atoms with van der Waals surface area (Å²) in [5.41, 5.74) is 0.880. The molecule has 3 rings (SSSR count). The molecule has 1 heterocycles. The van der Waals surface area contributed by atoms with Gasteiger partial charge >= 0.3 is 0 Å². The zero-order chi connectivity index (χ0) is 11.1. The van der Waals surface area contributed by atoms with Gasteiger partial charge in [-0.1, -0.05) is 0 Å².